The monoisotopic (exact) mass is 293 g/mol. The van der Waals surface area contributed by atoms with Crippen molar-refractivity contribution in [1.29, 1.82) is 0 Å². The van der Waals surface area contributed by atoms with Crippen molar-refractivity contribution in [1.82, 2.24) is 4.90 Å². The summed E-state index contributed by atoms with van der Waals surface area (Å²) in [7, 11) is 0. The van der Waals surface area contributed by atoms with E-state index in [9.17, 15) is 4.79 Å². The number of carbonyl (C=O) groups excluding carboxylic acids is 1. The van der Waals surface area contributed by atoms with E-state index >= 15 is 0 Å². The molecule has 1 unspecified atom stereocenters. The molecule has 118 valence electrons. The van der Waals surface area contributed by atoms with Crippen LogP contribution in [-0.2, 0) is 16.1 Å². The number of likely N-dealkylation sites (N-methyl/N-ethyl adjacent to an activating group) is 1. The third-order valence-corrected chi connectivity index (χ3v) is 3.53. The zero-order valence-electron chi connectivity index (χ0n) is 13.6. The fourth-order valence-corrected chi connectivity index (χ4v) is 2.25. The van der Waals surface area contributed by atoms with Crippen LogP contribution in [0.25, 0.3) is 0 Å². The second kappa shape index (κ2) is 9.53. The van der Waals surface area contributed by atoms with Crippen LogP contribution in [0.15, 0.2) is 24.3 Å². The predicted octanol–water partition coefficient (Wildman–Crippen LogP) is 3.11. The highest BCUT2D eigenvalue weighted by molar-refractivity contribution is 5.89. The molecule has 1 aromatic carbocycles. The highest BCUT2D eigenvalue weighted by atomic mass is 16.5. The van der Waals surface area contributed by atoms with Gasteiger partial charge in [-0.2, -0.15) is 0 Å². The zero-order chi connectivity index (χ0) is 15.7. The van der Waals surface area contributed by atoms with Crippen molar-refractivity contribution >= 4 is 5.97 Å². The maximum Gasteiger partial charge on any atom is 0.338 e. The van der Waals surface area contributed by atoms with Crippen LogP contribution in [0.4, 0.5) is 0 Å². The molecule has 0 spiro atoms. The molecule has 0 aliphatic carbocycles. The molecule has 4 heteroatoms. The maximum absolute atomic E-state index is 11.5. The van der Waals surface area contributed by atoms with Crippen molar-refractivity contribution < 1.29 is 14.3 Å². The van der Waals surface area contributed by atoms with Crippen molar-refractivity contribution in [3.8, 4) is 0 Å². The molecule has 0 bridgehead atoms. The highest BCUT2D eigenvalue weighted by Crippen LogP contribution is 2.08. The zero-order valence-corrected chi connectivity index (χ0v) is 13.6. The molecule has 0 radical (unpaired) electrons. The summed E-state index contributed by atoms with van der Waals surface area (Å²) in [6.45, 7) is 12.0. The van der Waals surface area contributed by atoms with E-state index in [2.05, 4.69) is 25.7 Å². The number of benzene rings is 1. The molecule has 0 aliphatic heterocycles. The lowest BCUT2D eigenvalue weighted by Crippen LogP contribution is -2.36. The van der Waals surface area contributed by atoms with E-state index in [0.29, 0.717) is 31.4 Å². The Morgan fingerprint density at radius 3 is 2.29 bits per heavy atom. The van der Waals surface area contributed by atoms with Crippen LogP contribution in [0.2, 0.25) is 0 Å². The fraction of sp³-hybridized carbons (Fsp3) is 0.588. The lowest BCUT2D eigenvalue weighted by Gasteiger charge is -2.26. The van der Waals surface area contributed by atoms with Crippen LogP contribution in [0, 0.1) is 0 Å². The smallest absolute Gasteiger partial charge is 0.338 e. The van der Waals surface area contributed by atoms with Gasteiger partial charge in [-0.3, -0.25) is 4.90 Å². The summed E-state index contributed by atoms with van der Waals surface area (Å²) in [5, 5.41) is 0. The third kappa shape index (κ3) is 5.86. The summed E-state index contributed by atoms with van der Waals surface area (Å²) in [5.74, 6) is -0.278. The highest BCUT2D eigenvalue weighted by Gasteiger charge is 2.10. The van der Waals surface area contributed by atoms with Crippen LogP contribution in [0.3, 0.4) is 0 Å². The van der Waals surface area contributed by atoms with Gasteiger partial charge in [-0.15, -0.1) is 0 Å². The molecule has 0 saturated heterocycles. The molecule has 1 rings (SSSR count). The second-order valence-electron chi connectivity index (χ2n) is 5.00. The summed E-state index contributed by atoms with van der Waals surface area (Å²) < 4.78 is 10.7. The van der Waals surface area contributed by atoms with Gasteiger partial charge in [0, 0.05) is 6.04 Å². The van der Waals surface area contributed by atoms with Crippen LogP contribution in [-0.4, -0.2) is 43.2 Å². The molecule has 0 fully saturated rings. The number of rotatable bonds is 9. The van der Waals surface area contributed by atoms with Crippen molar-refractivity contribution in [2.45, 2.75) is 40.3 Å². The minimum Gasteiger partial charge on any atom is -0.462 e. The van der Waals surface area contributed by atoms with Gasteiger partial charge in [-0.25, -0.2) is 4.79 Å². The quantitative estimate of drug-likeness (QED) is 0.656. The van der Waals surface area contributed by atoms with Crippen molar-refractivity contribution in [2.75, 3.05) is 26.3 Å². The van der Waals surface area contributed by atoms with Gasteiger partial charge in [0.25, 0.3) is 0 Å². The number of hydrogen-bond donors (Lipinski definition) is 0. The first-order valence-electron chi connectivity index (χ1n) is 7.70. The standard InChI is InChI=1S/C17H27NO3/c1-5-18(6-2)14(4)12-20-13-15-8-10-16(11-9-15)17(19)21-7-3/h8-11,14H,5-7,12-13H2,1-4H3. The van der Waals surface area contributed by atoms with E-state index in [1.165, 1.54) is 0 Å². The van der Waals surface area contributed by atoms with Crippen LogP contribution in [0.5, 0.6) is 0 Å². The Morgan fingerprint density at radius 1 is 1.14 bits per heavy atom. The number of nitrogens with zero attached hydrogens (tertiary/aromatic N) is 1. The van der Waals surface area contributed by atoms with Gasteiger partial charge in [-0.1, -0.05) is 26.0 Å². The van der Waals surface area contributed by atoms with E-state index in [4.69, 9.17) is 9.47 Å². The molecule has 4 nitrogen and oxygen atoms in total. The van der Waals surface area contributed by atoms with E-state index in [1.807, 2.05) is 12.1 Å². The van der Waals surface area contributed by atoms with Gasteiger partial charge < -0.3 is 9.47 Å². The van der Waals surface area contributed by atoms with Crippen LogP contribution < -0.4 is 0 Å². The van der Waals surface area contributed by atoms with Crippen molar-refractivity contribution in [3.63, 3.8) is 0 Å². The van der Waals surface area contributed by atoms with Gasteiger partial charge in [0.2, 0.25) is 0 Å². The Bertz CT molecular complexity index is 413. The van der Waals surface area contributed by atoms with Gasteiger partial charge >= 0.3 is 5.97 Å². The van der Waals surface area contributed by atoms with Gasteiger partial charge in [0.15, 0.2) is 0 Å². The van der Waals surface area contributed by atoms with E-state index in [0.717, 1.165) is 18.7 Å². The maximum atomic E-state index is 11.5. The summed E-state index contributed by atoms with van der Waals surface area (Å²) in [5.41, 5.74) is 1.65. The first-order chi connectivity index (χ1) is 10.1. The Balaban J connectivity index is 2.41. The lowest BCUT2D eigenvalue weighted by atomic mass is 10.1. The van der Waals surface area contributed by atoms with Gasteiger partial charge in [0.05, 0.1) is 25.4 Å². The Labute approximate surface area is 128 Å². The van der Waals surface area contributed by atoms with Crippen LogP contribution in [0.1, 0.15) is 43.6 Å². The molecule has 0 amide bonds. The van der Waals surface area contributed by atoms with Gasteiger partial charge in [-0.05, 0) is 44.6 Å². The second-order valence-corrected chi connectivity index (χ2v) is 5.00. The van der Waals surface area contributed by atoms with E-state index in [1.54, 1.807) is 19.1 Å². The third-order valence-electron chi connectivity index (χ3n) is 3.53. The SMILES string of the molecule is CCOC(=O)c1ccc(COCC(C)N(CC)CC)cc1. The first kappa shape index (κ1) is 17.7. The molecular weight excluding hydrogens is 266 g/mol. The Morgan fingerprint density at radius 2 is 1.76 bits per heavy atom. The largest absolute Gasteiger partial charge is 0.462 e. The predicted molar refractivity (Wildman–Crippen MR) is 84.4 cm³/mol. The van der Waals surface area contributed by atoms with E-state index < -0.39 is 0 Å². The molecule has 0 N–H and O–H groups in total. The molecule has 0 aliphatic rings. The Hall–Kier alpha value is -1.39. The van der Waals surface area contributed by atoms with Crippen molar-refractivity contribution in [3.05, 3.63) is 35.4 Å². The molecular formula is C17H27NO3. The normalized spacial score (nSPS) is 12.4. The molecule has 1 atom stereocenters. The average Bonchev–Trinajstić information content (AvgIpc) is 2.49. The van der Waals surface area contributed by atoms with E-state index in [-0.39, 0.29) is 5.97 Å². The Kier molecular flexibility index (Phi) is 8.01. The number of ether oxygens (including phenoxy) is 2. The lowest BCUT2D eigenvalue weighted by molar-refractivity contribution is 0.0525. The fourth-order valence-electron chi connectivity index (χ4n) is 2.25. The first-order valence-corrected chi connectivity index (χ1v) is 7.70. The molecule has 0 saturated carbocycles. The number of hydrogen-bond acceptors (Lipinski definition) is 4. The summed E-state index contributed by atoms with van der Waals surface area (Å²) in [6, 6.07) is 7.80. The van der Waals surface area contributed by atoms with Crippen molar-refractivity contribution in [2.24, 2.45) is 0 Å². The minimum atomic E-state index is -0.278. The van der Waals surface area contributed by atoms with Gasteiger partial charge in [0.1, 0.15) is 0 Å². The number of esters is 1. The summed E-state index contributed by atoms with van der Waals surface area (Å²) in [4.78, 5) is 13.9. The molecule has 1 aromatic rings. The molecule has 0 heterocycles. The number of carbonyl (C=O) groups is 1. The molecule has 21 heavy (non-hydrogen) atoms. The minimum absolute atomic E-state index is 0.278. The molecule has 0 aromatic heterocycles. The van der Waals surface area contributed by atoms with Crippen LogP contribution >= 0.6 is 0 Å². The topological polar surface area (TPSA) is 38.8 Å². The summed E-state index contributed by atoms with van der Waals surface area (Å²) in [6.07, 6.45) is 0. The summed E-state index contributed by atoms with van der Waals surface area (Å²) >= 11 is 0. The average molecular weight is 293 g/mol.